The second-order valence-corrected chi connectivity index (χ2v) is 5.03. The van der Waals surface area contributed by atoms with E-state index < -0.39 is 17.7 Å². The lowest BCUT2D eigenvalue weighted by atomic mass is 10.1. The smallest absolute Gasteiger partial charge is 0.254 e. The van der Waals surface area contributed by atoms with Gasteiger partial charge >= 0.3 is 0 Å². The normalized spacial score (nSPS) is 12.0. The molecule has 1 atom stereocenters. The Labute approximate surface area is 123 Å². The predicted octanol–water partition coefficient (Wildman–Crippen LogP) is 3.61. The third-order valence-electron chi connectivity index (χ3n) is 2.81. The molecule has 0 saturated heterocycles. The van der Waals surface area contributed by atoms with E-state index in [1.54, 1.807) is 6.92 Å². The van der Waals surface area contributed by atoms with Crippen LogP contribution >= 0.6 is 15.9 Å². The van der Waals surface area contributed by atoms with E-state index in [4.69, 9.17) is 0 Å². The first-order valence-corrected chi connectivity index (χ1v) is 6.65. The number of carbonyl (C=O) groups is 1. The van der Waals surface area contributed by atoms with E-state index in [1.807, 2.05) is 24.3 Å². The molecule has 0 aliphatic carbocycles. The summed E-state index contributed by atoms with van der Waals surface area (Å²) >= 11 is 3.37. The second-order valence-electron chi connectivity index (χ2n) is 4.18. The summed E-state index contributed by atoms with van der Waals surface area (Å²) in [5.74, 6) is -3.22. The minimum Gasteiger partial charge on any atom is -0.345 e. The molecule has 0 aliphatic rings. The van der Waals surface area contributed by atoms with Gasteiger partial charge in [0.2, 0.25) is 5.95 Å². The minimum atomic E-state index is -1.29. The maximum atomic E-state index is 13.5. The molecule has 1 aromatic carbocycles. The number of nitrogens with one attached hydrogen (secondary N) is 1. The van der Waals surface area contributed by atoms with Crippen LogP contribution in [0.15, 0.2) is 41.0 Å². The van der Waals surface area contributed by atoms with Crippen molar-refractivity contribution < 1.29 is 13.6 Å². The fourth-order valence-corrected chi connectivity index (χ4v) is 2.40. The summed E-state index contributed by atoms with van der Waals surface area (Å²) in [7, 11) is 0. The van der Waals surface area contributed by atoms with Crippen LogP contribution in [0.3, 0.4) is 0 Å². The van der Waals surface area contributed by atoms with Crippen LogP contribution < -0.4 is 5.32 Å². The lowest BCUT2D eigenvalue weighted by molar-refractivity contribution is 0.0934. The Morgan fingerprint density at radius 2 is 2.00 bits per heavy atom. The molecule has 0 fully saturated rings. The van der Waals surface area contributed by atoms with Crippen LogP contribution in [0.5, 0.6) is 0 Å². The lowest BCUT2D eigenvalue weighted by Crippen LogP contribution is -2.28. The number of carbonyl (C=O) groups excluding carboxylic acids is 1. The van der Waals surface area contributed by atoms with Gasteiger partial charge in [0.15, 0.2) is 5.82 Å². The summed E-state index contributed by atoms with van der Waals surface area (Å²) in [6.07, 6.45) is 1.05. The molecular weight excluding hydrogens is 330 g/mol. The van der Waals surface area contributed by atoms with Crippen molar-refractivity contribution >= 4 is 21.8 Å². The average molecular weight is 341 g/mol. The zero-order chi connectivity index (χ0) is 14.7. The summed E-state index contributed by atoms with van der Waals surface area (Å²) < 4.78 is 27.3. The second kappa shape index (κ2) is 6.09. The van der Waals surface area contributed by atoms with Gasteiger partial charge in [0.05, 0.1) is 11.6 Å². The largest absolute Gasteiger partial charge is 0.345 e. The maximum absolute atomic E-state index is 13.5. The highest BCUT2D eigenvalue weighted by molar-refractivity contribution is 9.10. The Balaban J connectivity index is 2.20. The third-order valence-corrected chi connectivity index (χ3v) is 3.53. The van der Waals surface area contributed by atoms with E-state index in [1.165, 1.54) is 0 Å². The Bertz CT molecular complexity index is 649. The van der Waals surface area contributed by atoms with Crippen molar-refractivity contribution in [2.24, 2.45) is 0 Å². The standard InChI is InChI=1S/C14H11BrF2N2O/c1-8(9-4-2-3-5-11(9)15)19-14(20)10-6-7-18-13(17)12(10)16/h2-8H,1H3,(H,19,20). The van der Waals surface area contributed by atoms with Gasteiger partial charge in [-0.3, -0.25) is 4.79 Å². The Morgan fingerprint density at radius 3 is 2.70 bits per heavy atom. The van der Waals surface area contributed by atoms with Crippen LogP contribution in [0.2, 0.25) is 0 Å². The van der Waals surface area contributed by atoms with Crippen molar-refractivity contribution in [3.8, 4) is 0 Å². The monoisotopic (exact) mass is 340 g/mol. The van der Waals surface area contributed by atoms with E-state index in [2.05, 4.69) is 26.2 Å². The number of benzene rings is 1. The quantitative estimate of drug-likeness (QED) is 0.867. The maximum Gasteiger partial charge on any atom is 0.254 e. The zero-order valence-corrected chi connectivity index (χ0v) is 12.1. The molecule has 2 rings (SSSR count). The lowest BCUT2D eigenvalue weighted by Gasteiger charge is -2.16. The molecule has 1 heterocycles. The van der Waals surface area contributed by atoms with Crippen LogP contribution in [-0.2, 0) is 0 Å². The van der Waals surface area contributed by atoms with Crippen molar-refractivity contribution in [3.05, 3.63) is 63.9 Å². The number of hydrogen-bond donors (Lipinski definition) is 1. The van der Waals surface area contributed by atoms with Gasteiger partial charge in [0.25, 0.3) is 5.91 Å². The van der Waals surface area contributed by atoms with E-state index in [0.717, 1.165) is 22.3 Å². The van der Waals surface area contributed by atoms with Crippen molar-refractivity contribution in [1.29, 1.82) is 0 Å². The zero-order valence-electron chi connectivity index (χ0n) is 10.5. The SMILES string of the molecule is CC(NC(=O)c1ccnc(F)c1F)c1ccccc1Br. The average Bonchev–Trinajstić information content (AvgIpc) is 2.42. The van der Waals surface area contributed by atoms with Crippen molar-refractivity contribution in [1.82, 2.24) is 10.3 Å². The van der Waals surface area contributed by atoms with Gasteiger partial charge in [0.1, 0.15) is 0 Å². The molecule has 20 heavy (non-hydrogen) atoms. The van der Waals surface area contributed by atoms with Gasteiger partial charge in [-0.15, -0.1) is 0 Å². The van der Waals surface area contributed by atoms with E-state index in [-0.39, 0.29) is 11.6 Å². The first-order valence-electron chi connectivity index (χ1n) is 5.86. The first-order chi connectivity index (χ1) is 9.50. The van der Waals surface area contributed by atoms with Crippen LogP contribution in [0.25, 0.3) is 0 Å². The summed E-state index contributed by atoms with van der Waals surface area (Å²) in [6, 6.07) is 8.13. The van der Waals surface area contributed by atoms with E-state index >= 15 is 0 Å². The Kier molecular flexibility index (Phi) is 4.44. The molecule has 1 unspecified atom stereocenters. The highest BCUT2D eigenvalue weighted by atomic mass is 79.9. The van der Waals surface area contributed by atoms with Crippen LogP contribution in [0, 0.1) is 11.8 Å². The van der Waals surface area contributed by atoms with Gasteiger partial charge in [-0.25, -0.2) is 9.37 Å². The molecule has 0 saturated carbocycles. The molecule has 6 heteroatoms. The molecule has 0 bridgehead atoms. The molecule has 104 valence electrons. The highest BCUT2D eigenvalue weighted by Crippen LogP contribution is 2.23. The Morgan fingerprint density at radius 1 is 1.30 bits per heavy atom. The van der Waals surface area contributed by atoms with Crippen molar-refractivity contribution in [2.45, 2.75) is 13.0 Å². The number of hydrogen-bond acceptors (Lipinski definition) is 2. The number of nitrogens with zero attached hydrogens (tertiary/aromatic N) is 1. The topological polar surface area (TPSA) is 42.0 Å². The van der Waals surface area contributed by atoms with Gasteiger partial charge in [0, 0.05) is 10.7 Å². The van der Waals surface area contributed by atoms with Gasteiger partial charge in [-0.05, 0) is 24.6 Å². The van der Waals surface area contributed by atoms with Crippen LogP contribution in [0.1, 0.15) is 28.9 Å². The number of pyridine rings is 1. The molecule has 0 spiro atoms. The summed E-state index contributed by atoms with van der Waals surface area (Å²) in [6.45, 7) is 1.76. The molecule has 0 radical (unpaired) electrons. The van der Waals surface area contributed by atoms with Crippen molar-refractivity contribution in [2.75, 3.05) is 0 Å². The summed E-state index contributed by atoms with van der Waals surface area (Å²) in [5, 5.41) is 2.62. The van der Waals surface area contributed by atoms with Gasteiger partial charge < -0.3 is 5.32 Å². The number of amides is 1. The molecule has 1 aromatic heterocycles. The first kappa shape index (κ1) is 14.6. The minimum absolute atomic E-state index is 0.353. The molecule has 1 amide bonds. The third kappa shape index (κ3) is 3.01. The van der Waals surface area contributed by atoms with Gasteiger partial charge in [-0.1, -0.05) is 34.1 Å². The van der Waals surface area contributed by atoms with E-state index in [0.29, 0.717) is 0 Å². The van der Waals surface area contributed by atoms with E-state index in [9.17, 15) is 13.6 Å². The van der Waals surface area contributed by atoms with Crippen LogP contribution in [0.4, 0.5) is 8.78 Å². The number of rotatable bonds is 3. The molecule has 3 nitrogen and oxygen atoms in total. The van der Waals surface area contributed by atoms with Crippen molar-refractivity contribution in [3.63, 3.8) is 0 Å². The van der Waals surface area contributed by atoms with Gasteiger partial charge in [-0.2, -0.15) is 4.39 Å². The Hall–Kier alpha value is -1.82. The van der Waals surface area contributed by atoms with Crippen LogP contribution in [-0.4, -0.2) is 10.9 Å². The number of halogens is 3. The molecule has 0 aliphatic heterocycles. The summed E-state index contributed by atoms with van der Waals surface area (Å²) in [4.78, 5) is 15.1. The molecule has 2 aromatic rings. The number of aromatic nitrogens is 1. The summed E-state index contributed by atoms with van der Waals surface area (Å²) in [5.41, 5.74) is 0.479. The fraction of sp³-hybridized carbons (Fsp3) is 0.143. The molecular formula is C14H11BrF2N2O. The molecule has 1 N–H and O–H groups in total. The fourth-order valence-electron chi connectivity index (χ4n) is 1.77. The predicted molar refractivity (Wildman–Crippen MR) is 74.2 cm³/mol. The highest BCUT2D eigenvalue weighted by Gasteiger charge is 2.19.